The number of amides is 2. The number of anilines is 1. The summed E-state index contributed by atoms with van der Waals surface area (Å²) < 4.78 is 45.8. The monoisotopic (exact) mass is 488 g/mol. The molecule has 11 heteroatoms. The average Bonchev–Trinajstić information content (AvgIpc) is 3.29. The van der Waals surface area contributed by atoms with E-state index in [1.807, 2.05) is 25.1 Å². The van der Waals surface area contributed by atoms with Gasteiger partial charge in [-0.25, -0.2) is 14.5 Å². The smallest absolute Gasteiger partial charge is 0.416 e. The second-order valence-electron chi connectivity index (χ2n) is 8.25. The largest absolute Gasteiger partial charge is 0.494 e. The number of urea groups is 1. The van der Waals surface area contributed by atoms with Gasteiger partial charge in [0.2, 0.25) is 0 Å². The molecule has 2 amide bonds. The van der Waals surface area contributed by atoms with Crippen LogP contribution in [0.25, 0.3) is 5.69 Å². The minimum atomic E-state index is -4.38. The van der Waals surface area contributed by atoms with Gasteiger partial charge in [-0.1, -0.05) is 18.2 Å². The van der Waals surface area contributed by atoms with Crippen LogP contribution in [0.1, 0.15) is 17.0 Å². The Bertz CT molecular complexity index is 1170. The molecule has 186 valence electrons. The molecule has 1 saturated heterocycles. The zero-order valence-electron chi connectivity index (χ0n) is 19.5. The maximum atomic E-state index is 12.9. The third-order valence-corrected chi connectivity index (χ3v) is 5.89. The molecule has 0 aliphatic carbocycles. The van der Waals surface area contributed by atoms with E-state index in [0.29, 0.717) is 49.7 Å². The molecular formula is C24H27F3N6O2. The maximum Gasteiger partial charge on any atom is 0.416 e. The number of hydrogen-bond donors (Lipinski definition) is 1. The lowest BCUT2D eigenvalue weighted by Gasteiger charge is -2.36. The normalized spacial score (nSPS) is 14.2. The average molecular weight is 489 g/mol. The van der Waals surface area contributed by atoms with Gasteiger partial charge in [-0.15, -0.1) is 0 Å². The second-order valence-corrected chi connectivity index (χ2v) is 8.25. The Morgan fingerprint density at radius 3 is 2.54 bits per heavy atom. The summed E-state index contributed by atoms with van der Waals surface area (Å²) in [6, 6.07) is 10.8. The molecule has 4 rings (SSSR count). The van der Waals surface area contributed by atoms with Crippen molar-refractivity contribution in [3.05, 3.63) is 65.7 Å². The van der Waals surface area contributed by atoms with Crippen LogP contribution in [0.4, 0.5) is 23.7 Å². The zero-order chi connectivity index (χ0) is 25.0. The van der Waals surface area contributed by atoms with Gasteiger partial charge in [-0.2, -0.15) is 18.3 Å². The van der Waals surface area contributed by atoms with Crippen molar-refractivity contribution in [3.8, 4) is 11.4 Å². The molecule has 8 nitrogen and oxygen atoms in total. The number of aromatic nitrogens is 3. The molecule has 2 aromatic carbocycles. The van der Waals surface area contributed by atoms with Crippen molar-refractivity contribution in [2.24, 2.45) is 0 Å². The SMILES string of the molecule is COc1cc(N2CCN(C(=O)NCCc3cccc(C(F)(F)F)c3)CC2)ccc1-n1cnc(C)n1. The Hall–Kier alpha value is -3.76. The molecule has 0 atom stereocenters. The van der Waals surface area contributed by atoms with Crippen molar-refractivity contribution in [3.63, 3.8) is 0 Å². The zero-order valence-corrected chi connectivity index (χ0v) is 19.5. The molecule has 1 aliphatic rings. The van der Waals surface area contributed by atoms with Crippen molar-refractivity contribution >= 4 is 11.7 Å². The predicted molar refractivity (Wildman–Crippen MR) is 125 cm³/mol. The van der Waals surface area contributed by atoms with Gasteiger partial charge in [0.1, 0.15) is 23.6 Å². The van der Waals surface area contributed by atoms with Gasteiger partial charge in [0.25, 0.3) is 0 Å². The van der Waals surface area contributed by atoms with Crippen molar-refractivity contribution in [1.82, 2.24) is 25.0 Å². The van der Waals surface area contributed by atoms with Crippen LogP contribution in [-0.2, 0) is 12.6 Å². The first kappa shape index (κ1) is 24.4. The summed E-state index contributed by atoms with van der Waals surface area (Å²) in [5.74, 6) is 1.34. The van der Waals surface area contributed by atoms with Crippen molar-refractivity contribution < 1.29 is 22.7 Å². The van der Waals surface area contributed by atoms with E-state index < -0.39 is 11.7 Å². The van der Waals surface area contributed by atoms with Gasteiger partial charge in [-0.05, 0) is 37.1 Å². The Kier molecular flexibility index (Phi) is 7.13. The third-order valence-electron chi connectivity index (χ3n) is 5.89. The topological polar surface area (TPSA) is 75.5 Å². The Balaban J connectivity index is 1.29. The number of nitrogens with one attached hydrogen (secondary N) is 1. The molecule has 1 N–H and O–H groups in total. The molecule has 2 heterocycles. The number of carbonyl (C=O) groups excluding carboxylic acids is 1. The highest BCUT2D eigenvalue weighted by molar-refractivity contribution is 5.74. The summed E-state index contributed by atoms with van der Waals surface area (Å²) in [5.41, 5.74) is 1.62. The number of halogens is 3. The number of aryl methyl sites for hydroxylation is 1. The number of piperazine rings is 1. The fraction of sp³-hybridized carbons (Fsp3) is 0.375. The highest BCUT2D eigenvalue weighted by Crippen LogP contribution is 2.30. The third kappa shape index (κ3) is 5.84. The number of nitrogens with zero attached hydrogens (tertiary/aromatic N) is 5. The lowest BCUT2D eigenvalue weighted by molar-refractivity contribution is -0.137. The summed E-state index contributed by atoms with van der Waals surface area (Å²) >= 11 is 0. The van der Waals surface area contributed by atoms with E-state index in [4.69, 9.17) is 4.74 Å². The number of ether oxygens (including phenoxy) is 1. The Morgan fingerprint density at radius 1 is 1.11 bits per heavy atom. The lowest BCUT2D eigenvalue weighted by Crippen LogP contribution is -2.52. The molecule has 0 spiro atoms. The van der Waals surface area contributed by atoms with Crippen molar-refractivity contribution in [1.29, 1.82) is 0 Å². The van der Waals surface area contributed by atoms with E-state index in [0.717, 1.165) is 23.5 Å². The summed E-state index contributed by atoms with van der Waals surface area (Å²) in [6.07, 6.45) is -2.41. The highest BCUT2D eigenvalue weighted by atomic mass is 19.4. The van der Waals surface area contributed by atoms with Crippen LogP contribution in [0.2, 0.25) is 0 Å². The number of hydrogen-bond acceptors (Lipinski definition) is 5. The van der Waals surface area contributed by atoms with E-state index >= 15 is 0 Å². The van der Waals surface area contributed by atoms with Gasteiger partial charge in [-0.3, -0.25) is 0 Å². The highest BCUT2D eigenvalue weighted by Gasteiger charge is 2.30. The number of methoxy groups -OCH3 is 1. The summed E-state index contributed by atoms with van der Waals surface area (Å²) in [7, 11) is 1.61. The molecule has 3 aromatic rings. The number of alkyl halides is 3. The van der Waals surface area contributed by atoms with Gasteiger partial charge in [0.15, 0.2) is 0 Å². The molecule has 0 radical (unpaired) electrons. The van der Waals surface area contributed by atoms with E-state index in [2.05, 4.69) is 20.3 Å². The molecule has 35 heavy (non-hydrogen) atoms. The summed E-state index contributed by atoms with van der Waals surface area (Å²) in [6.45, 7) is 4.43. The Labute approximate surface area is 201 Å². The minimum absolute atomic E-state index is 0.217. The lowest BCUT2D eigenvalue weighted by atomic mass is 10.1. The van der Waals surface area contributed by atoms with Crippen molar-refractivity contribution in [2.45, 2.75) is 19.5 Å². The predicted octanol–water partition coefficient (Wildman–Crippen LogP) is 3.68. The van der Waals surface area contributed by atoms with Gasteiger partial charge >= 0.3 is 12.2 Å². The van der Waals surface area contributed by atoms with Gasteiger partial charge in [0, 0.05) is 44.5 Å². The fourth-order valence-electron chi connectivity index (χ4n) is 4.01. The second kappa shape index (κ2) is 10.2. The first-order chi connectivity index (χ1) is 16.7. The van der Waals surface area contributed by atoms with E-state index in [9.17, 15) is 18.0 Å². The molecule has 1 aromatic heterocycles. The standard InChI is InChI=1S/C24H27F3N6O2/c1-17-29-16-33(30-17)21-7-6-20(15-22(21)35-2)31-10-12-32(13-11-31)23(34)28-9-8-18-4-3-5-19(14-18)24(25,26)27/h3-7,14-16H,8-13H2,1-2H3,(H,28,34). The Morgan fingerprint density at radius 2 is 1.89 bits per heavy atom. The van der Waals surface area contributed by atoms with E-state index in [-0.39, 0.29) is 12.6 Å². The van der Waals surface area contributed by atoms with Crippen molar-refractivity contribution in [2.75, 3.05) is 44.7 Å². The van der Waals surface area contributed by atoms with Crippen LogP contribution in [0, 0.1) is 6.92 Å². The number of carbonyl (C=O) groups is 1. The number of benzene rings is 2. The molecular weight excluding hydrogens is 461 g/mol. The molecule has 1 aliphatic heterocycles. The quantitative estimate of drug-likeness (QED) is 0.573. The van der Waals surface area contributed by atoms with Crippen LogP contribution in [0.15, 0.2) is 48.8 Å². The van der Waals surface area contributed by atoms with Gasteiger partial charge < -0.3 is 19.9 Å². The van der Waals surface area contributed by atoms with Crippen LogP contribution in [0.5, 0.6) is 5.75 Å². The molecule has 1 fully saturated rings. The van der Waals surface area contributed by atoms with E-state index in [1.54, 1.807) is 29.1 Å². The number of rotatable bonds is 6. The molecule has 0 unspecified atom stereocenters. The van der Waals surface area contributed by atoms with Gasteiger partial charge in [0.05, 0.1) is 12.7 Å². The minimum Gasteiger partial charge on any atom is -0.494 e. The first-order valence-corrected chi connectivity index (χ1v) is 11.2. The van der Waals surface area contributed by atoms with Crippen LogP contribution >= 0.6 is 0 Å². The first-order valence-electron chi connectivity index (χ1n) is 11.2. The maximum absolute atomic E-state index is 12.9. The molecule has 0 saturated carbocycles. The fourth-order valence-corrected chi connectivity index (χ4v) is 4.01. The molecule has 0 bridgehead atoms. The summed E-state index contributed by atoms with van der Waals surface area (Å²) in [5, 5.41) is 7.14. The van der Waals surface area contributed by atoms with Crippen LogP contribution in [-0.4, -0.2) is 65.5 Å². The van der Waals surface area contributed by atoms with Crippen LogP contribution < -0.4 is 15.0 Å². The summed E-state index contributed by atoms with van der Waals surface area (Å²) in [4.78, 5) is 20.6. The van der Waals surface area contributed by atoms with Crippen LogP contribution in [0.3, 0.4) is 0 Å². The van der Waals surface area contributed by atoms with E-state index in [1.165, 1.54) is 6.07 Å².